The molecule has 1 heterocycles. The van der Waals surface area contributed by atoms with Crippen LogP contribution in [0.4, 0.5) is 24.0 Å². The van der Waals surface area contributed by atoms with Gasteiger partial charge >= 0.3 is 35.7 Å². The van der Waals surface area contributed by atoms with Gasteiger partial charge in [-0.3, -0.25) is 0 Å². The number of benzene rings is 1. The van der Waals surface area contributed by atoms with E-state index < -0.39 is 23.8 Å². The van der Waals surface area contributed by atoms with Crippen molar-refractivity contribution in [2.24, 2.45) is 0 Å². The maximum absolute atomic E-state index is 12.4. The number of aromatic nitrogens is 1. The summed E-state index contributed by atoms with van der Waals surface area (Å²) in [4.78, 5) is 14.2. The molecule has 2 aromatic rings. The topological polar surface area (TPSA) is 65.0 Å². The van der Waals surface area contributed by atoms with E-state index >= 15 is 0 Å². The molecular formula is C13H10F3N2NaO2S. The van der Waals surface area contributed by atoms with Gasteiger partial charge in [0.1, 0.15) is 0 Å². The summed E-state index contributed by atoms with van der Waals surface area (Å²) >= 11 is 0.840. The molecule has 9 heteroatoms. The fraction of sp³-hybridized carbons (Fsp3) is 0.231. The summed E-state index contributed by atoms with van der Waals surface area (Å²) in [6.45, 7) is 1.49. The second kappa shape index (κ2) is 7.45. The van der Waals surface area contributed by atoms with E-state index in [9.17, 15) is 23.1 Å². The van der Waals surface area contributed by atoms with Crippen LogP contribution < -0.4 is 40.0 Å². The Labute approximate surface area is 150 Å². The first kappa shape index (κ1) is 19.0. The van der Waals surface area contributed by atoms with Gasteiger partial charge in [0, 0.05) is 23.0 Å². The van der Waals surface area contributed by atoms with Crippen LogP contribution in [0.25, 0.3) is 0 Å². The number of nitrogens with one attached hydrogen (secondary N) is 1. The molecule has 0 saturated carbocycles. The van der Waals surface area contributed by atoms with Crippen molar-refractivity contribution < 1.29 is 52.6 Å². The summed E-state index contributed by atoms with van der Waals surface area (Å²) in [6.07, 6.45) is -4.47. The van der Waals surface area contributed by atoms with Crippen LogP contribution in [0, 0.1) is 0 Å². The molecule has 0 saturated heterocycles. The minimum absolute atomic E-state index is 0. The number of nitrogens with zero attached hydrogens (tertiary/aromatic N) is 1. The molecule has 0 amide bonds. The van der Waals surface area contributed by atoms with E-state index in [2.05, 4.69) is 10.3 Å². The van der Waals surface area contributed by atoms with Gasteiger partial charge in [-0.25, -0.2) is 4.98 Å². The number of carboxylic acids is 1. The van der Waals surface area contributed by atoms with Crippen molar-refractivity contribution in [2.45, 2.75) is 19.0 Å². The van der Waals surface area contributed by atoms with Gasteiger partial charge in [0.05, 0.1) is 0 Å². The first-order valence-corrected chi connectivity index (χ1v) is 6.76. The minimum atomic E-state index is -4.47. The van der Waals surface area contributed by atoms with Crippen LogP contribution in [-0.4, -0.2) is 11.0 Å². The van der Waals surface area contributed by atoms with Gasteiger partial charge in [0.2, 0.25) is 0 Å². The Balaban J connectivity index is 0.00000242. The van der Waals surface area contributed by atoms with Crippen LogP contribution >= 0.6 is 11.3 Å². The zero-order chi connectivity index (χ0) is 15.6. The van der Waals surface area contributed by atoms with Crippen molar-refractivity contribution in [3.63, 3.8) is 0 Å². The predicted octanol–water partition coefficient (Wildman–Crippen LogP) is -0.237. The van der Waals surface area contributed by atoms with Crippen LogP contribution in [0.15, 0.2) is 29.6 Å². The van der Waals surface area contributed by atoms with E-state index in [1.807, 2.05) is 0 Å². The molecule has 0 aliphatic carbocycles. The second-order valence-electron chi connectivity index (χ2n) is 4.32. The molecule has 0 bridgehead atoms. The Morgan fingerprint density at radius 2 is 1.91 bits per heavy atom. The van der Waals surface area contributed by atoms with Crippen molar-refractivity contribution in [1.29, 1.82) is 0 Å². The summed E-state index contributed by atoms with van der Waals surface area (Å²) in [5, 5.41) is 14.5. The van der Waals surface area contributed by atoms with Gasteiger partial charge in [0.15, 0.2) is 10.8 Å². The fourth-order valence-electron chi connectivity index (χ4n) is 1.58. The third-order valence-corrected chi connectivity index (χ3v) is 3.57. The molecule has 0 radical (unpaired) electrons. The Kier molecular flexibility index (Phi) is 6.42. The number of alkyl halides is 3. The first-order chi connectivity index (χ1) is 9.77. The molecule has 112 valence electrons. The van der Waals surface area contributed by atoms with E-state index in [1.54, 1.807) is 24.3 Å². The number of carbonyl (C=O) groups is 1. The number of rotatable bonds is 4. The van der Waals surface area contributed by atoms with E-state index in [-0.39, 0.29) is 34.7 Å². The van der Waals surface area contributed by atoms with Crippen LogP contribution in [0.1, 0.15) is 24.1 Å². The Morgan fingerprint density at radius 3 is 2.36 bits per heavy atom. The number of hydrogen-bond donors (Lipinski definition) is 1. The van der Waals surface area contributed by atoms with Gasteiger partial charge in [-0.05, 0) is 17.7 Å². The number of anilines is 2. The van der Waals surface area contributed by atoms with Crippen LogP contribution in [0.2, 0.25) is 0 Å². The van der Waals surface area contributed by atoms with Gasteiger partial charge in [-0.2, -0.15) is 13.2 Å². The number of halogens is 3. The molecule has 1 atom stereocenters. The second-order valence-corrected chi connectivity index (χ2v) is 5.18. The molecular weight excluding hydrogens is 328 g/mol. The Bertz CT molecular complexity index is 643. The summed E-state index contributed by atoms with van der Waals surface area (Å²) < 4.78 is 37.2. The number of carboxylic acid groups (broad SMARTS) is 1. The van der Waals surface area contributed by atoms with E-state index in [0.29, 0.717) is 11.3 Å². The first-order valence-electron chi connectivity index (χ1n) is 5.88. The average molecular weight is 338 g/mol. The summed E-state index contributed by atoms with van der Waals surface area (Å²) in [6, 6.07) is 6.29. The molecule has 0 aliphatic heterocycles. The van der Waals surface area contributed by atoms with E-state index in [4.69, 9.17) is 0 Å². The standard InChI is InChI=1S/C13H11F3N2O2S.Na/c1-7(11(19)20)8-2-4-9(5-3-8)17-12-18-10(6-21-12)13(14,15)16;/h2-7H,1H3,(H,17,18)(H,19,20);/q;+1/p-1. The van der Waals surface area contributed by atoms with Crippen molar-refractivity contribution >= 4 is 28.1 Å². The average Bonchev–Trinajstić information content (AvgIpc) is 2.87. The quantitative estimate of drug-likeness (QED) is 0.782. The van der Waals surface area contributed by atoms with Crippen LogP contribution in [0.5, 0.6) is 0 Å². The number of aliphatic carboxylic acids is 1. The molecule has 1 N–H and O–H groups in total. The molecule has 1 aromatic carbocycles. The molecule has 0 aliphatic rings. The molecule has 4 nitrogen and oxygen atoms in total. The van der Waals surface area contributed by atoms with Crippen LogP contribution in [-0.2, 0) is 11.0 Å². The number of thiazole rings is 1. The molecule has 2 rings (SSSR count). The SMILES string of the molecule is CC(C(=O)[O-])c1ccc(Nc2nc(C(F)(F)F)cs2)cc1.[Na+]. The number of hydrogen-bond acceptors (Lipinski definition) is 5. The van der Waals surface area contributed by atoms with Gasteiger partial charge in [-0.1, -0.05) is 19.1 Å². The smallest absolute Gasteiger partial charge is 0.550 e. The summed E-state index contributed by atoms with van der Waals surface area (Å²) in [5.41, 5.74) is 0.125. The van der Waals surface area contributed by atoms with E-state index in [1.165, 1.54) is 6.92 Å². The van der Waals surface area contributed by atoms with Crippen molar-refractivity contribution in [1.82, 2.24) is 4.98 Å². The maximum atomic E-state index is 12.4. The third kappa shape index (κ3) is 4.70. The number of carbonyl (C=O) groups excluding carboxylic acids is 1. The van der Waals surface area contributed by atoms with Crippen LogP contribution in [0.3, 0.4) is 0 Å². The molecule has 1 aromatic heterocycles. The maximum Gasteiger partial charge on any atom is 1.00 e. The van der Waals surface area contributed by atoms with Crippen molar-refractivity contribution in [3.8, 4) is 0 Å². The van der Waals surface area contributed by atoms with E-state index in [0.717, 1.165) is 16.7 Å². The molecule has 0 fully saturated rings. The van der Waals surface area contributed by atoms with Gasteiger partial charge < -0.3 is 15.2 Å². The van der Waals surface area contributed by atoms with Gasteiger partial charge in [-0.15, -0.1) is 11.3 Å². The van der Waals surface area contributed by atoms with Crippen molar-refractivity contribution in [3.05, 3.63) is 40.9 Å². The predicted molar refractivity (Wildman–Crippen MR) is 70.3 cm³/mol. The minimum Gasteiger partial charge on any atom is -0.550 e. The van der Waals surface area contributed by atoms with Crippen molar-refractivity contribution in [2.75, 3.05) is 5.32 Å². The Hall–Kier alpha value is -1.09. The summed E-state index contributed by atoms with van der Waals surface area (Å²) in [5.74, 6) is -1.94. The zero-order valence-corrected chi connectivity index (χ0v) is 14.6. The third-order valence-electron chi connectivity index (χ3n) is 2.81. The normalized spacial score (nSPS) is 12.4. The largest absolute Gasteiger partial charge is 1.00 e. The Morgan fingerprint density at radius 1 is 1.32 bits per heavy atom. The molecule has 1 unspecified atom stereocenters. The zero-order valence-electron chi connectivity index (χ0n) is 11.8. The van der Waals surface area contributed by atoms with Gasteiger partial charge in [0.25, 0.3) is 0 Å². The molecule has 0 spiro atoms. The molecule has 22 heavy (non-hydrogen) atoms. The summed E-state index contributed by atoms with van der Waals surface area (Å²) in [7, 11) is 0. The fourth-order valence-corrected chi connectivity index (χ4v) is 2.31. The monoisotopic (exact) mass is 338 g/mol.